The monoisotopic (exact) mass is 177 g/mol. The molecule has 1 aliphatic heterocycles. The van der Waals surface area contributed by atoms with Gasteiger partial charge in [-0.2, -0.15) is 5.26 Å². The van der Waals surface area contributed by atoms with Crippen LogP contribution in [0.15, 0.2) is 22.5 Å². The van der Waals surface area contributed by atoms with Gasteiger partial charge in [0.25, 0.3) is 0 Å². The summed E-state index contributed by atoms with van der Waals surface area (Å²) in [6.07, 6.45) is 0. The van der Waals surface area contributed by atoms with Gasteiger partial charge in [0.1, 0.15) is 11.4 Å². The molecular weight excluding hydrogens is 162 g/mol. The van der Waals surface area contributed by atoms with Gasteiger partial charge in [0, 0.05) is 0 Å². The van der Waals surface area contributed by atoms with Gasteiger partial charge in [-0.25, -0.2) is 0 Å². The summed E-state index contributed by atoms with van der Waals surface area (Å²) in [5.41, 5.74) is 2.71. The number of nitriles is 1. The highest BCUT2D eigenvalue weighted by molar-refractivity contribution is 5.44. The Morgan fingerprint density at radius 2 is 1.92 bits per heavy atom. The quantitative estimate of drug-likeness (QED) is 0.533. The van der Waals surface area contributed by atoms with Gasteiger partial charge in [-0.15, -0.1) is 0 Å². The predicted octanol–water partition coefficient (Wildman–Crippen LogP) is 2.93. The standard InChI is InChI=1S/C11H15NO/c1-7(6-12)10-8(2)9(3)11(4,5)13-10/h1-5H3/b10-7+. The molecule has 13 heavy (non-hydrogen) atoms. The van der Waals surface area contributed by atoms with E-state index in [0.717, 1.165) is 11.3 Å². The van der Waals surface area contributed by atoms with Crippen LogP contribution in [0.4, 0.5) is 0 Å². The van der Waals surface area contributed by atoms with Crippen molar-refractivity contribution >= 4 is 0 Å². The highest BCUT2D eigenvalue weighted by atomic mass is 16.5. The number of hydrogen-bond donors (Lipinski definition) is 0. The molecule has 0 aromatic carbocycles. The number of rotatable bonds is 0. The van der Waals surface area contributed by atoms with Crippen LogP contribution < -0.4 is 0 Å². The van der Waals surface area contributed by atoms with Gasteiger partial charge >= 0.3 is 0 Å². The summed E-state index contributed by atoms with van der Waals surface area (Å²) in [6, 6.07) is 2.12. The second kappa shape index (κ2) is 2.92. The molecule has 2 heteroatoms. The molecule has 2 nitrogen and oxygen atoms in total. The first-order valence-electron chi connectivity index (χ1n) is 4.38. The summed E-state index contributed by atoms with van der Waals surface area (Å²) in [5, 5.41) is 8.76. The van der Waals surface area contributed by atoms with E-state index in [9.17, 15) is 0 Å². The molecule has 0 aliphatic carbocycles. The fraction of sp³-hybridized carbons (Fsp3) is 0.545. The van der Waals surface area contributed by atoms with Crippen molar-refractivity contribution in [2.24, 2.45) is 0 Å². The molecule has 0 unspecified atom stereocenters. The normalized spacial score (nSPS) is 24.0. The number of nitrogens with zero attached hydrogens (tertiary/aromatic N) is 1. The highest BCUT2D eigenvalue weighted by Crippen LogP contribution is 2.38. The van der Waals surface area contributed by atoms with Crippen molar-refractivity contribution in [3.8, 4) is 6.07 Å². The molecule has 0 atom stereocenters. The minimum Gasteiger partial charge on any atom is -0.482 e. The first-order valence-corrected chi connectivity index (χ1v) is 4.38. The second-order valence-corrected chi connectivity index (χ2v) is 3.93. The van der Waals surface area contributed by atoms with Gasteiger partial charge in [0.2, 0.25) is 0 Å². The Morgan fingerprint density at radius 1 is 1.38 bits per heavy atom. The maximum Gasteiger partial charge on any atom is 0.136 e. The first-order chi connectivity index (χ1) is 5.90. The van der Waals surface area contributed by atoms with Crippen LogP contribution in [0.3, 0.4) is 0 Å². The van der Waals surface area contributed by atoms with Crippen LogP contribution in [0.25, 0.3) is 0 Å². The van der Waals surface area contributed by atoms with Crippen molar-refractivity contribution in [3.63, 3.8) is 0 Å². The second-order valence-electron chi connectivity index (χ2n) is 3.93. The molecule has 1 aliphatic rings. The van der Waals surface area contributed by atoms with Gasteiger partial charge in [0.15, 0.2) is 0 Å². The van der Waals surface area contributed by atoms with E-state index in [1.54, 1.807) is 6.92 Å². The van der Waals surface area contributed by atoms with Crippen molar-refractivity contribution in [1.82, 2.24) is 0 Å². The lowest BCUT2D eigenvalue weighted by Crippen LogP contribution is -2.20. The van der Waals surface area contributed by atoms with E-state index in [1.807, 2.05) is 27.7 Å². The Labute approximate surface area is 79.5 Å². The van der Waals surface area contributed by atoms with E-state index in [1.165, 1.54) is 5.57 Å². The van der Waals surface area contributed by atoms with Crippen LogP contribution >= 0.6 is 0 Å². The van der Waals surface area contributed by atoms with E-state index in [0.29, 0.717) is 5.57 Å². The molecule has 0 bridgehead atoms. The van der Waals surface area contributed by atoms with Crippen LogP contribution in [-0.2, 0) is 4.74 Å². The minimum absolute atomic E-state index is 0.252. The Kier molecular flexibility index (Phi) is 2.21. The van der Waals surface area contributed by atoms with Crippen molar-refractivity contribution < 1.29 is 4.74 Å². The van der Waals surface area contributed by atoms with Crippen molar-refractivity contribution in [2.45, 2.75) is 40.2 Å². The lowest BCUT2D eigenvalue weighted by atomic mass is 9.97. The molecule has 0 saturated carbocycles. The van der Waals surface area contributed by atoms with E-state index in [2.05, 4.69) is 6.07 Å². The Morgan fingerprint density at radius 3 is 2.23 bits per heavy atom. The molecular formula is C11H15NO. The molecule has 1 heterocycles. The van der Waals surface area contributed by atoms with Crippen LogP contribution in [0.1, 0.15) is 34.6 Å². The number of ether oxygens (including phenoxy) is 1. The third-order valence-corrected chi connectivity index (χ3v) is 2.67. The highest BCUT2D eigenvalue weighted by Gasteiger charge is 2.33. The molecule has 0 N–H and O–H groups in total. The molecule has 0 saturated heterocycles. The summed E-state index contributed by atoms with van der Waals surface area (Å²) in [6.45, 7) is 9.87. The summed E-state index contributed by atoms with van der Waals surface area (Å²) in [4.78, 5) is 0. The van der Waals surface area contributed by atoms with Gasteiger partial charge in [-0.05, 0) is 45.8 Å². The van der Waals surface area contributed by atoms with Crippen molar-refractivity contribution in [1.29, 1.82) is 5.26 Å². The smallest absolute Gasteiger partial charge is 0.136 e. The Hall–Kier alpha value is -1.23. The fourth-order valence-electron chi connectivity index (χ4n) is 1.44. The van der Waals surface area contributed by atoms with E-state index < -0.39 is 0 Å². The lowest BCUT2D eigenvalue weighted by molar-refractivity contribution is 0.0920. The predicted molar refractivity (Wildman–Crippen MR) is 51.9 cm³/mol. The largest absolute Gasteiger partial charge is 0.482 e. The van der Waals surface area contributed by atoms with Gasteiger partial charge in [0.05, 0.1) is 11.6 Å². The summed E-state index contributed by atoms with van der Waals surface area (Å²) in [5.74, 6) is 0.755. The Balaban J connectivity index is 3.24. The molecule has 0 radical (unpaired) electrons. The number of allylic oxidation sites excluding steroid dienone is 2. The SMILES string of the molecule is CC1=C(C)C(C)(C)O/C1=C(\C)C#N. The first kappa shape index (κ1) is 9.85. The maximum absolute atomic E-state index is 8.76. The molecule has 70 valence electrons. The molecule has 0 spiro atoms. The van der Waals surface area contributed by atoms with Gasteiger partial charge < -0.3 is 4.74 Å². The minimum atomic E-state index is -0.252. The van der Waals surface area contributed by atoms with Crippen LogP contribution in [-0.4, -0.2) is 5.60 Å². The molecule has 1 rings (SSSR count). The van der Waals surface area contributed by atoms with E-state index in [4.69, 9.17) is 10.00 Å². The topological polar surface area (TPSA) is 33.0 Å². The lowest BCUT2D eigenvalue weighted by Gasteiger charge is -2.20. The fourth-order valence-corrected chi connectivity index (χ4v) is 1.44. The average molecular weight is 177 g/mol. The summed E-state index contributed by atoms with van der Waals surface area (Å²) >= 11 is 0. The molecule has 0 amide bonds. The third-order valence-electron chi connectivity index (χ3n) is 2.67. The summed E-state index contributed by atoms with van der Waals surface area (Å²) in [7, 11) is 0. The third kappa shape index (κ3) is 1.47. The van der Waals surface area contributed by atoms with Gasteiger partial charge in [-0.3, -0.25) is 0 Å². The molecule has 0 aromatic rings. The number of hydrogen-bond acceptors (Lipinski definition) is 2. The van der Waals surface area contributed by atoms with E-state index in [-0.39, 0.29) is 5.60 Å². The average Bonchev–Trinajstić information content (AvgIpc) is 2.28. The zero-order valence-electron chi connectivity index (χ0n) is 8.86. The van der Waals surface area contributed by atoms with Crippen molar-refractivity contribution in [2.75, 3.05) is 0 Å². The van der Waals surface area contributed by atoms with E-state index >= 15 is 0 Å². The van der Waals surface area contributed by atoms with Crippen LogP contribution in [0, 0.1) is 11.3 Å². The molecule has 0 fully saturated rings. The summed E-state index contributed by atoms with van der Waals surface area (Å²) < 4.78 is 5.71. The van der Waals surface area contributed by atoms with Crippen molar-refractivity contribution in [3.05, 3.63) is 22.5 Å². The van der Waals surface area contributed by atoms with Crippen LogP contribution in [0.2, 0.25) is 0 Å². The van der Waals surface area contributed by atoms with Gasteiger partial charge in [-0.1, -0.05) is 0 Å². The van der Waals surface area contributed by atoms with Crippen LogP contribution in [0.5, 0.6) is 0 Å². The molecule has 0 aromatic heterocycles. The Bertz CT molecular complexity index is 340. The zero-order chi connectivity index (χ0) is 10.2. The maximum atomic E-state index is 8.76. The zero-order valence-corrected chi connectivity index (χ0v) is 8.86.